The molecule has 0 radical (unpaired) electrons. The number of nitrogens with zero attached hydrogens (tertiary/aromatic N) is 5. The summed E-state index contributed by atoms with van der Waals surface area (Å²) in [7, 11) is 0. The van der Waals surface area contributed by atoms with Gasteiger partial charge in [0.25, 0.3) is 0 Å². The lowest BCUT2D eigenvalue weighted by Gasteiger charge is -2.28. The van der Waals surface area contributed by atoms with Crippen LogP contribution in [0.15, 0.2) is 60.9 Å². The lowest BCUT2D eigenvalue weighted by molar-refractivity contribution is 0.122. The fourth-order valence-electron chi connectivity index (χ4n) is 4.73. The SMILES string of the molecule is c1ccc(CNc2nc(Nc3ccc(N4CCOCC4)cc3)nc3c2ncn3[C@H]2CCNC2)cc1. The summed E-state index contributed by atoms with van der Waals surface area (Å²) in [5.74, 6) is 1.29. The van der Waals surface area contributed by atoms with Gasteiger partial charge in [0.2, 0.25) is 5.95 Å². The first kappa shape index (κ1) is 21.8. The first-order valence-corrected chi connectivity index (χ1v) is 12.3. The molecule has 0 spiro atoms. The molecule has 35 heavy (non-hydrogen) atoms. The van der Waals surface area contributed by atoms with Crippen LogP contribution in [0, 0.1) is 0 Å². The highest BCUT2D eigenvalue weighted by atomic mass is 16.5. The van der Waals surface area contributed by atoms with Crippen molar-refractivity contribution in [2.24, 2.45) is 0 Å². The van der Waals surface area contributed by atoms with Crippen LogP contribution < -0.4 is 20.9 Å². The molecule has 2 aromatic carbocycles. The van der Waals surface area contributed by atoms with Gasteiger partial charge in [0, 0.05) is 37.6 Å². The fraction of sp³-hybridized carbons (Fsp3) is 0.346. The number of fused-ring (bicyclic) bond motifs is 1. The second kappa shape index (κ2) is 9.89. The second-order valence-electron chi connectivity index (χ2n) is 8.98. The van der Waals surface area contributed by atoms with Gasteiger partial charge in [-0.1, -0.05) is 30.3 Å². The minimum atomic E-state index is 0.345. The Morgan fingerprint density at radius 2 is 1.83 bits per heavy atom. The van der Waals surface area contributed by atoms with Gasteiger partial charge >= 0.3 is 0 Å². The summed E-state index contributed by atoms with van der Waals surface area (Å²) in [5.41, 5.74) is 4.97. The van der Waals surface area contributed by atoms with E-state index in [1.807, 2.05) is 24.5 Å². The number of imidazole rings is 1. The van der Waals surface area contributed by atoms with Gasteiger partial charge in [-0.2, -0.15) is 9.97 Å². The Kier molecular flexibility index (Phi) is 6.17. The van der Waals surface area contributed by atoms with Gasteiger partial charge in [0.05, 0.1) is 25.6 Å². The summed E-state index contributed by atoms with van der Waals surface area (Å²) in [5, 5.41) is 10.3. The molecule has 9 nitrogen and oxygen atoms in total. The van der Waals surface area contributed by atoms with Crippen LogP contribution in [-0.4, -0.2) is 58.9 Å². The number of hydrogen-bond acceptors (Lipinski definition) is 8. The molecule has 4 aromatic rings. The van der Waals surface area contributed by atoms with E-state index in [9.17, 15) is 0 Å². The molecule has 2 aliphatic rings. The number of ether oxygens (including phenoxy) is 1. The van der Waals surface area contributed by atoms with Crippen molar-refractivity contribution in [1.82, 2.24) is 24.8 Å². The third-order valence-corrected chi connectivity index (χ3v) is 6.65. The van der Waals surface area contributed by atoms with Gasteiger partial charge in [0.15, 0.2) is 17.0 Å². The highest BCUT2D eigenvalue weighted by molar-refractivity contribution is 5.85. The molecule has 0 aliphatic carbocycles. The first-order chi connectivity index (χ1) is 17.3. The average molecular weight is 471 g/mol. The molecule has 0 saturated carbocycles. The smallest absolute Gasteiger partial charge is 0.231 e. The van der Waals surface area contributed by atoms with Gasteiger partial charge in [0.1, 0.15) is 0 Å². The third-order valence-electron chi connectivity index (χ3n) is 6.65. The predicted octanol–water partition coefficient (Wildman–Crippen LogP) is 3.55. The van der Waals surface area contributed by atoms with Crippen molar-refractivity contribution in [3.05, 3.63) is 66.5 Å². The third kappa shape index (κ3) is 4.78. The molecule has 3 N–H and O–H groups in total. The van der Waals surface area contributed by atoms with E-state index in [0.29, 0.717) is 18.5 Å². The zero-order chi connectivity index (χ0) is 23.5. The summed E-state index contributed by atoms with van der Waals surface area (Å²) in [6.07, 6.45) is 2.96. The molecule has 2 aromatic heterocycles. The van der Waals surface area contributed by atoms with Crippen molar-refractivity contribution in [3.63, 3.8) is 0 Å². The highest BCUT2D eigenvalue weighted by Gasteiger charge is 2.22. The van der Waals surface area contributed by atoms with Crippen LogP contribution >= 0.6 is 0 Å². The molecule has 6 rings (SSSR count). The van der Waals surface area contributed by atoms with Crippen LogP contribution in [0.5, 0.6) is 0 Å². The Bertz CT molecular complexity index is 1260. The van der Waals surface area contributed by atoms with E-state index in [4.69, 9.17) is 19.7 Å². The maximum Gasteiger partial charge on any atom is 0.231 e. The molecule has 0 unspecified atom stereocenters. The lowest BCUT2D eigenvalue weighted by Crippen LogP contribution is -2.36. The molecule has 0 bridgehead atoms. The predicted molar refractivity (Wildman–Crippen MR) is 138 cm³/mol. The van der Waals surface area contributed by atoms with E-state index in [0.717, 1.165) is 68.5 Å². The van der Waals surface area contributed by atoms with Gasteiger partial charge in [-0.15, -0.1) is 0 Å². The Morgan fingerprint density at radius 1 is 1.00 bits per heavy atom. The molecular formula is C26H30N8O. The van der Waals surface area contributed by atoms with Gasteiger partial charge in [-0.05, 0) is 42.8 Å². The van der Waals surface area contributed by atoms with Crippen molar-refractivity contribution in [2.75, 3.05) is 54.9 Å². The maximum atomic E-state index is 5.47. The monoisotopic (exact) mass is 470 g/mol. The van der Waals surface area contributed by atoms with Crippen LogP contribution in [0.4, 0.5) is 23.1 Å². The van der Waals surface area contributed by atoms with Crippen molar-refractivity contribution in [1.29, 1.82) is 0 Å². The number of rotatable bonds is 7. The van der Waals surface area contributed by atoms with E-state index < -0.39 is 0 Å². The van der Waals surface area contributed by atoms with Crippen LogP contribution in [-0.2, 0) is 11.3 Å². The zero-order valence-electron chi connectivity index (χ0n) is 19.7. The summed E-state index contributed by atoms with van der Waals surface area (Å²) in [6.45, 7) is 5.99. The number of benzene rings is 2. The molecule has 1 atom stereocenters. The lowest BCUT2D eigenvalue weighted by atomic mass is 10.2. The molecular weight excluding hydrogens is 440 g/mol. The van der Waals surface area contributed by atoms with E-state index in [2.05, 4.69) is 61.8 Å². The molecule has 9 heteroatoms. The van der Waals surface area contributed by atoms with E-state index in [1.165, 1.54) is 11.3 Å². The zero-order valence-corrected chi connectivity index (χ0v) is 19.7. The largest absolute Gasteiger partial charge is 0.378 e. The Morgan fingerprint density at radius 3 is 2.60 bits per heavy atom. The van der Waals surface area contributed by atoms with E-state index in [-0.39, 0.29) is 0 Å². The van der Waals surface area contributed by atoms with Crippen molar-refractivity contribution in [3.8, 4) is 0 Å². The number of anilines is 4. The molecule has 4 heterocycles. The number of nitrogens with one attached hydrogen (secondary N) is 3. The van der Waals surface area contributed by atoms with Crippen molar-refractivity contribution in [2.45, 2.75) is 19.0 Å². The molecule has 2 saturated heterocycles. The molecule has 2 fully saturated rings. The second-order valence-corrected chi connectivity index (χ2v) is 8.98. The highest BCUT2D eigenvalue weighted by Crippen LogP contribution is 2.28. The van der Waals surface area contributed by atoms with Gasteiger partial charge in [-0.25, -0.2) is 4.98 Å². The van der Waals surface area contributed by atoms with Gasteiger partial charge < -0.3 is 30.2 Å². The van der Waals surface area contributed by atoms with Crippen LogP contribution in [0.2, 0.25) is 0 Å². The normalized spacial score (nSPS) is 18.2. The molecule has 2 aliphatic heterocycles. The number of hydrogen-bond donors (Lipinski definition) is 3. The summed E-state index contributed by atoms with van der Waals surface area (Å²) >= 11 is 0. The average Bonchev–Trinajstić information content (AvgIpc) is 3.59. The summed E-state index contributed by atoms with van der Waals surface area (Å²) in [4.78, 5) is 16.7. The van der Waals surface area contributed by atoms with Crippen LogP contribution in [0.3, 0.4) is 0 Å². The fourth-order valence-corrected chi connectivity index (χ4v) is 4.73. The Labute approximate surface area is 204 Å². The van der Waals surface area contributed by atoms with E-state index in [1.54, 1.807) is 0 Å². The summed E-state index contributed by atoms with van der Waals surface area (Å²) < 4.78 is 7.65. The summed E-state index contributed by atoms with van der Waals surface area (Å²) in [6, 6.07) is 19.1. The quantitative estimate of drug-likeness (QED) is 0.378. The minimum Gasteiger partial charge on any atom is -0.378 e. The van der Waals surface area contributed by atoms with Crippen LogP contribution in [0.1, 0.15) is 18.0 Å². The molecule has 0 amide bonds. The van der Waals surface area contributed by atoms with Crippen molar-refractivity contribution < 1.29 is 4.74 Å². The molecule has 180 valence electrons. The Balaban J connectivity index is 1.29. The van der Waals surface area contributed by atoms with Gasteiger partial charge in [-0.3, -0.25) is 0 Å². The number of aromatic nitrogens is 4. The first-order valence-electron chi connectivity index (χ1n) is 12.3. The topological polar surface area (TPSA) is 92.2 Å². The number of morpholine rings is 1. The standard InChI is InChI=1S/C26H30N8O/c1-2-4-19(5-3-1)16-28-24-23-25(34(18-29-23)22-10-11-27-17-22)32-26(31-24)30-20-6-8-21(9-7-20)33-12-14-35-15-13-33/h1-9,18,22,27H,10-17H2,(H2,28,30,31,32)/t22-/m0/s1. The van der Waals surface area contributed by atoms with Crippen molar-refractivity contribution >= 4 is 34.3 Å². The maximum absolute atomic E-state index is 5.47. The Hall–Kier alpha value is -3.69. The minimum absolute atomic E-state index is 0.345. The van der Waals surface area contributed by atoms with Crippen LogP contribution in [0.25, 0.3) is 11.2 Å². The van der Waals surface area contributed by atoms with E-state index >= 15 is 0 Å².